The molecule has 2 spiro atoms. The van der Waals surface area contributed by atoms with Gasteiger partial charge in [0.15, 0.2) is 5.78 Å². The number of carbonyl (C=O) groups excluding carboxylic acids is 3. The summed E-state index contributed by atoms with van der Waals surface area (Å²) in [5.41, 5.74) is 12.2. The predicted octanol–water partition coefficient (Wildman–Crippen LogP) is 11.0. The third kappa shape index (κ3) is 7.77. The van der Waals surface area contributed by atoms with Crippen LogP contribution in [0.3, 0.4) is 0 Å². The van der Waals surface area contributed by atoms with Crippen molar-refractivity contribution in [2.24, 2.45) is 23.5 Å². The molecule has 6 aliphatic heterocycles. The van der Waals surface area contributed by atoms with E-state index in [1.54, 1.807) is 11.3 Å². The van der Waals surface area contributed by atoms with Gasteiger partial charge in [-0.3, -0.25) is 14.6 Å². The van der Waals surface area contributed by atoms with Crippen molar-refractivity contribution in [3.8, 4) is 22.3 Å². The van der Waals surface area contributed by atoms with Crippen LogP contribution in [0.25, 0.3) is 42.4 Å². The van der Waals surface area contributed by atoms with Crippen LogP contribution in [0.2, 0.25) is 0 Å². The second-order valence-electron chi connectivity index (χ2n) is 16.9. The molecule has 300 valence electrons. The molecule has 6 aromatic rings. The summed E-state index contributed by atoms with van der Waals surface area (Å²) in [4.78, 5) is 35.9. The first-order chi connectivity index (χ1) is 27.9. The van der Waals surface area contributed by atoms with Gasteiger partial charge in [0, 0.05) is 32.9 Å². The van der Waals surface area contributed by atoms with Gasteiger partial charge in [-0.15, -0.1) is 35.1 Å². The highest BCUT2D eigenvalue weighted by Crippen LogP contribution is 2.59. The summed E-state index contributed by atoms with van der Waals surface area (Å²) in [6, 6.07) is 38.8. The van der Waals surface area contributed by atoms with E-state index in [0.29, 0.717) is 28.8 Å². The summed E-state index contributed by atoms with van der Waals surface area (Å²) in [6.07, 6.45) is 11.7. The smallest absolute Gasteiger partial charge is 0.326 e. The molecule has 0 amide bonds. The Morgan fingerprint density at radius 3 is 1.71 bits per heavy atom. The number of benzene rings is 4. The van der Waals surface area contributed by atoms with Crippen LogP contribution in [0.15, 0.2) is 115 Å². The second kappa shape index (κ2) is 17.3. The van der Waals surface area contributed by atoms with Gasteiger partial charge in [-0.25, -0.2) is 0 Å². The van der Waals surface area contributed by atoms with E-state index in [0.717, 1.165) is 23.1 Å². The van der Waals surface area contributed by atoms with Crippen molar-refractivity contribution in [2.45, 2.75) is 74.9 Å². The van der Waals surface area contributed by atoms with Crippen LogP contribution in [-0.4, -0.2) is 65.0 Å². The Bertz CT molecular complexity index is 2360. The minimum absolute atomic E-state index is 0. The van der Waals surface area contributed by atoms with Crippen LogP contribution in [0, 0.1) is 17.8 Å². The average Bonchev–Trinajstić information content (AvgIpc) is 4.13. The molecular formula is C49H52ClN3O3S2. The van der Waals surface area contributed by atoms with E-state index in [-0.39, 0.29) is 18.6 Å². The Balaban J connectivity index is 0.000000131. The summed E-state index contributed by atoms with van der Waals surface area (Å²) in [6.45, 7) is 5.19. The highest BCUT2D eigenvalue weighted by Gasteiger charge is 2.60. The third-order valence-corrected chi connectivity index (χ3v) is 16.3. The Kier molecular flexibility index (Phi) is 12.2. The van der Waals surface area contributed by atoms with E-state index in [9.17, 15) is 4.79 Å². The van der Waals surface area contributed by atoms with Gasteiger partial charge in [-0.2, -0.15) is 9.59 Å². The SMILES string of the molecule is Cl.N[C@@H]1C2CCN(CC2)C12CC2.O=C(C[C@@H]1C2CCN(CC2)C12CC2)c1cc2cccc(-c3ccccc3)c2s1.O=C=O.c1ccc(-c2cccc3ccsc23)cc1. The van der Waals surface area contributed by atoms with Crippen molar-refractivity contribution in [3.63, 3.8) is 0 Å². The zero-order valence-corrected chi connectivity index (χ0v) is 35.3. The first kappa shape index (κ1) is 40.8. The summed E-state index contributed by atoms with van der Waals surface area (Å²) in [5.74, 6) is 2.58. The standard InChI is InChI=1S/C25H25NOS.C14H10S.C9H16N2.CO2.ClH/c27-22(16-21-18-9-13-26(14-10-18)25(21)11-12-25)23-15-19-7-4-8-20(24(19)28-23)17-5-2-1-3-6-17;1-2-5-11(6-3-1)13-8-4-7-12-9-10-15-14(12)13;10-8-7-1-5-11(6-2-7)9(8)3-4-9;2-1-3;/h1-8,15,18,21H,9-14,16H2;1-10H;7-8H,1-6,10H2;;1H/t21-;;8-;;/m1.1../s1. The van der Waals surface area contributed by atoms with Crippen molar-refractivity contribution < 1.29 is 14.4 Å². The first-order valence-electron chi connectivity index (χ1n) is 20.8. The largest absolute Gasteiger partial charge is 0.373 e. The number of hydrogen-bond donors (Lipinski definition) is 1. The van der Waals surface area contributed by atoms with Crippen LogP contribution in [0.4, 0.5) is 0 Å². The van der Waals surface area contributed by atoms with Gasteiger partial charge in [0.2, 0.25) is 0 Å². The van der Waals surface area contributed by atoms with Crippen molar-refractivity contribution in [3.05, 3.63) is 119 Å². The van der Waals surface area contributed by atoms with Gasteiger partial charge in [0.25, 0.3) is 0 Å². The fourth-order valence-corrected chi connectivity index (χ4v) is 13.0. The molecule has 0 radical (unpaired) electrons. The van der Waals surface area contributed by atoms with Gasteiger partial charge >= 0.3 is 6.15 Å². The summed E-state index contributed by atoms with van der Waals surface area (Å²) in [7, 11) is 0. The summed E-state index contributed by atoms with van der Waals surface area (Å²) >= 11 is 3.50. The normalized spacial score (nSPS) is 25.9. The maximum Gasteiger partial charge on any atom is 0.373 e. The number of nitrogens with zero attached hydrogens (tertiary/aromatic N) is 2. The number of rotatable bonds is 5. The second-order valence-corrected chi connectivity index (χ2v) is 18.9. The van der Waals surface area contributed by atoms with Crippen LogP contribution in [-0.2, 0) is 9.59 Å². The highest BCUT2D eigenvalue weighted by atomic mass is 35.5. The van der Waals surface area contributed by atoms with Gasteiger partial charge in [0.1, 0.15) is 0 Å². The lowest BCUT2D eigenvalue weighted by Crippen LogP contribution is -2.63. The number of ketones is 1. The zero-order chi connectivity index (χ0) is 39.0. The molecule has 6 nitrogen and oxygen atoms in total. The minimum Gasteiger partial charge on any atom is -0.326 e. The molecule has 2 atom stereocenters. The topological polar surface area (TPSA) is 83.7 Å². The lowest BCUT2D eigenvalue weighted by atomic mass is 9.70. The number of halogens is 1. The van der Waals surface area contributed by atoms with Crippen molar-refractivity contribution in [1.29, 1.82) is 0 Å². The Labute approximate surface area is 355 Å². The number of carbonyl (C=O) groups is 1. The van der Waals surface area contributed by atoms with E-state index in [2.05, 4.69) is 124 Å². The number of fused-ring (bicyclic) bond motifs is 6. The molecule has 8 aliphatic rings. The molecule has 0 unspecified atom stereocenters. The Morgan fingerprint density at radius 2 is 1.17 bits per heavy atom. The zero-order valence-electron chi connectivity index (χ0n) is 32.9. The molecule has 2 N–H and O–H groups in total. The molecule has 4 aromatic carbocycles. The molecule has 2 aliphatic carbocycles. The van der Waals surface area contributed by atoms with E-state index in [1.807, 2.05) is 11.3 Å². The monoisotopic (exact) mass is 829 g/mol. The Hall–Kier alpha value is -3.98. The van der Waals surface area contributed by atoms with Gasteiger partial charge in [-0.05, 0) is 146 Å². The van der Waals surface area contributed by atoms with Crippen molar-refractivity contribution >= 4 is 67.2 Å². The van der Waals surface area contributed by atoms with Crippen molar-refractivity contribution in [1.82, 2.24) is 9.80 Å². The molecule has 2 aromatic heterocycles. The fourth-order valence-electron chi connectivity index (χ4n) is 10.9. The average molecular weight is 831 g/mol. The molecule has 58 heavy (non-hydrogen) atoms. The number of Topliss-reactive ketones (excluding diaryl/α,β-unsaturated/α-hetero) is 1. The van der Waals surface area contributed by atoms with Crippen LogP contribution in [0.1, 0.15) is 67.5 Å². The van der Waals surface area contributed by atoms with Crippen LogP contribution >= 0.6 is 35.1 Å². The number of piperidine rings is 6. The van der Waals surface area contributed by atoms with E-state index >= 15 is 0 Å². The molecule has 14 rings (SSSR count). The maximum absolute atomic E-state index is 13.3. The maximum atomic E-state index is 13.3. The molecule has 9 heteroatoms. The van der Waals surface area contributed by atoms with Gasteiger partial charge < -0.3 is 5.73 Å². The Morgan fingerprint density at radius 1 is 0.655 bits per heavy atom. The van der Waals surface area contributed by atoms with Crippen LogP contribution < -0.4 is 5.73 Å². The first-order valence-corrected chi connectivity index (χ1v) is 22.5. The van der Waals surface area contributed by atoms with Crippen molar-refractivity contribution in [2.75, 3.05) is 26.2 Å². The molecule has 8 heterocycles. The van der Waals surface area contributed by atoms with E-state index in [4.69, 9.17) is 15.3 Å². The summed E-state index contributed by atoms with van der Waals surface area (Å²) < 4.78 is 2.62. The number of hydrogen-bond acceptors (Lipinski definition) is 8. The summed E-state index contributed by atoms with van der Waals surface area (Å²) in [5, 5.41) is 4.68. The van der Waals surface area contributed by atoms with Gasteiger partial charge in [0.05, 0.1) is 4.88 Å². The minimum atomic E-state index is 0. The molecule has 2 saturated carbocycles. The fraction of sp³-hybridized carbons (Fsp3) is 0.388. The molecular weight excluding hydrogens is 778 g/mol. The number of thiophene rings is 2. The quantitative estimate of drug-likeness (QED) is 0.174. The lowest BCUT2D eigenvalue weighted by Gasteiger charge is -2.52. The number of nitrogens with two attached hydrogens (primary N) is 1. The van der Waals surface area contributed by atoms with Gasteiger partial charge in [-0.1, -0.05) is 97.1 Å². The molecule has 6 saturated heterocycles. The lowest BCUT2D eigenvalue weighted by molar-refractivity contribution is -0.191. The molecule has 4 bridgehead atoms. The highest BCUT2D eigenvalue weighted by molar-refractivity contribution is 7.21. The van der Waals surface area contributed by atoms with Crippen LogP contribution in [0.5, 0.6) is 0 Å². The molecule has 8 fully saturated rings. The van der Waals surface area contributed by atoms with E-state index < -0.39 is 0 Å². The predicted molar refractivity (Wildman–Crippen MR) is 240 cm³/mol. The van der Waals surface area contributed by atoms with E-state index in [1.165, 1.54) is 120 Å². The third-order valence-electron chi connectivity index (χ3n) is 14.1.